The summed E-state index contributed by atoms with van der Waals surface area (Å²) in [5.74, 6) is 0. The van der Waals surface area contributed by atoms with E-state index < -0.39 is 0 Å². The van der Waals surface area contributed by atoms with Crippen LogP contribution in [0.3, 0.4) is 0 Å². The van der Waals surface area contributed by atoms with E-state index in [4.69, 9.17) is 28.9 Å². The first-order valence-corrected chi connectivity index (χ1v) is 5.67. The lowest BCUT2D eigenvalue weighted by Crippen LogP contribution is -2.25. The minimum Gasteiger partial charge on any atom is -0.326 e. The van der Waals surface area contributed by atoms with Gasteiger partial charge in [0, 0.05) is 0 Å². The molecule has 2 aromatic rings. The van der Waals surface area contributed by atoms with Gasteiger partial charge in [-0.3, -0.25) is 0 Å². The van der Waals surface area contributed by atoms with Crippen LogP contribution < -0.4 is 10.6 Å². The molecule has 2 rings (SSSR count). The van der Waals surface area contributed by atoms with E-state index in [-0.39, 0.29) is 0 Å². The van der Waals surface area contributed by atoms with Gasteiger partial charge >= 0.3 is 0 Å². The molecule has 0 bridgehead atoms. The van der Waals surface area contributed by atoms with Crippen molar-refractivity contribution in [2.24, 2.45) is 5.73 Å². The second-order valence-electron chi connectivity index (χ2n) is 3.29. The summed E-state index contributed by atoms with van der Waals surface area (Å²) in [4.78, 5) is 9.88. The Morgan fingerprint density at radius 2 is 1.41 bits per heavy atom. The van der Waals surface area contributed by atoms with E-state index in [1.165, 1.54) is 0 Å². The van der Waals surface area contributed by atoms with E-state index in [0.717, 1.165) is 11.4 Å². The maximum absolute atomic E-state index is 5.74. The number of nitrogens with zero attached hydrogens (tertiary/aromatic N) is 3. The molecule has 0 saturated heterocycles. The molecular weight excluding hydrogens is 259 g/mol. The van der Waals surface area contributed by atoms with Crippen LogP contribution in [0.15, 0.2) is 36.7 Å². The van der Waals surface area contributed by atoms with E-state index in [9.17, 15) is 0 Å². The molecule has 0 aliphatic heterocycles. The monoisotopic (exact) mass is 268 g/mol. The maximum atomic E-state index is 5.74. The van der Waals surface area contributed by atoms with Gasteiger partial charge in [-0.1, -0.05) is 23.2 Å². The molecule has 0 saturated carbocycles. The van der Waals surface area contributed by atoms with Crippen molar-refractivity contribution in [2.45, 2.75) is 0 Å². The summed E-state index contributed by atoms with van der Waals surface area (Å²) in [6, 6.07) is 7.11. The van der Waals surface area contributed by atoms with E-state index in [1.807, 2.05) is 17.0 Å². The average molecular weight is 269 g/mol. The molecule has 0 spiro atoms. The van der Waals surface area contributed by atoms with Crippen molar-refractivity contribution in [3.8, 4) is 0 Å². The minimum atomic E-state index is 0.312. The highest BCUT2D eigenvalue weighted by atomic mass is 35.5. The van der Waals surface area contributed by atoms with Crippen LogP contribution in [0.25, 0.3) is 0 Å². The zero-order valence-corrected chi connectivity index (χ0v) is 10.4. The van der Waals surface area contributed by atoms with Crippen molar-refractivity contribution in [1.29, 1.82) is 0 Å². The molecule has 0 amide bonds. The summed E-state index contributed by atoms with van der Waals surface area (Å²) in [6.45, 7) is 0.312. The Labute approximate surface area is 109 Å². The summed E-state index contributed by atoms with van der Waals surface area (Å²) >= 11 is 11.5. The Balaban J connectivity index is 2.33. The highest BCUT2D eigenvalue weighted by Gasteiger charge is 2.08. The molecule has 17 heavy (non-hydrogen) atoms. The molecule has 0 radical (unpaired) electrons. The topological polar surface area (TPSA) is 55.0 Å². The number of aromatic nitrogens is 2. The van der Waals surface area contributed by atoms with Crippen LogP contribution in [-0.2, 0) is 0 Å². The van der Waals surface area contributed by atoms with Crippen LogP contribution in [0.2, 0.25) is 10.3 Å². The molecule has 0 fully saturated rings. The van der Waals surface area contributed by atoms with Gasteiger partial charge in [-0.05, 0) is 24.3 Å². The van der Waals surface area contributed by atoms with Crippen molar-refractivity contribution in [1.82, 2.24) is 9.97 Å². The summed E-state index contributed by atoms with van der Waals surface area (Å²) < 4.78 is 0. The number of nitrogens with two attached hydrogens (primary N) is 1. The van der Waals surface area contributed by atoms with Crippen molar-refractivity contribution < 1.29 is 0 Å². The molecule has 2 heterocycles. The van der Waals surface area contributed by atoms with Crippen molar-refractivity contribution >= 4 is 34.6 Å². The molecule has 0 aromatic carbocycles. The highest BCUT2D eigenvalue weighted by molar-refractivity contribution is 6.29. The largest absolute Gasteiger partial charge is 0.326 e. The summed E-state index contributed by atoms with van der Waals surface area (Å²) in [7, 11) is 0. The lowest BCUT2D eigenvalue weighted by Gasteiger charge is -2.22. The SMILES string of the molecule is NCN(c1ccc(Cl)nc1)c1ccc(Cl)nc1. The standard InChI is InChI=1S/C11H10Cl2N4/c12-10-3-1-8(5-15-10)17(7-14)9-2-4-11(13)16-6-9/h1-6H,7,14H2. The van der Waals surface area contributed by atoms with Gasteiger partial charge in [0.25, 0.3) is 0 Å². The van der Waals surface area contributed by atoms with E-state index in [2.05, 4.69) is 9.97 Å². The summed E-state index contributed by atoms with van der Waals surface area (Å²) in [6.07, 6.45) is 3.31. The second-order valence-corrected chi connectivity index (χ2v) is 4.06. The first-order chi connectivity index (χ1) is 8.20. The van der Waals surface area contributed by atoms with Gasteiger partial charge < -0.3 is 10.6 Å². The molecule has 2 N–H and O–H groups in total. The van der Waals surface area contributed by atoms with E-state index >= 15 is 0 Å². The Morgan fingerprint density at radius 1 is 0.941 bits per heavy atom. The fourth-order valence-corrected chi connectivity index (χ4v) is 1.64. The van der Waals surface area contributed by atoms with Gasteiger partial charge in [0.2, 0.25) is 0 Å². The summed E-state index contributed by atoms with van der Waals surface area (Å²) in [5, 5.41) is 0.889. The third-order valence-corrected chi connectivity index (χ3v) is 2.68. The number of hydrogen-bond donors (Lipinski definition) is 1. The van der Waals surface area contributed by atoms with Gasteiger partial charge in [-0.15, -0.1) is 0 Å². The van der Waals surface area contributed by atoms with Gasteiger partial charge in [-0.2, -0.15) is 0 Å². The van der Waals surface area contributed by atoms with Crippen LogP contribution in [-0.4, -0.2) is 16.6 Å². The quantitative estimate of drug-likeness (QED) is 0.687. The van der Waals surface area contributed by atoms with Crippen LogP contribution in [0.1, 0.15) is 0 Å². The molecule has 2 aromatic heterocycles. The first kappa shape index (κ1) is 12.1. The fourth-order valence-electron chi connectivity index (χ4n) is 1.42. The van der Waals surface area contributed by atoms with Gasteiger partial charge in [0.1, 0.15) is 10.3 Å². The fraction of sp³-hybridized carbons (Fsp3) is 0.0909. The zero-order valence-electron chi connectivity index (χ0n) is 8.85. The van der Waals surface area contributed by atoms with E-state index in [1.54, 1.807) is 24.5 Å². The highest BCUT2D eigenvalue weighted by Crippen LogP contribution is 2.24. The normalized spacial score (nSPS) is 10.3. The average Bonchev–Trinajstić information content (AvgIpc) is 2.35. The number of halogens is 2. The number of rotatable bonds is 3. The predicted octanol–water partition coefficient (Wildman–Crippen LogP) is 2.84. The number of pyridine rings is 2. The van der Waals surface area contributed by atoms with Crippen molar-refractivity contribution in [3.63, 3.8) is 0 Å². The Morgan fingerprint density at radius 3 is 1.71 bits per heavy atom. The zero-order chi connectivity index (χ0) is 12.3. The molecule has 0 aliphatic rings. The smallest absolute Gasteiger partial charge is 0.129 e. The van der Waals surface area contributed by atoms with E-state index in [0.29, 0.717) is 17.0 Å². The summed E-state index contributed by atoms with van der Waals surface area (Å²) in [5.41, 5.74) is 7.41. The minimum absolute atomic E-state index is 0.312. The lowest BCUT2D eigenvalue weighted by atomic mass is 10.3. The molecule has 0 atom stereocenters. The van der Waals surface area contributed by atoms with Crippen LogP contribution in [0, 0.1) is 0 Å². The third kappa shape index (κ3) is 2.85. The second kappa shape index (κ2) is 5.31. The van der Waals surface area contributed by atoms with Crippen molar-refractivity contribution in [3.05, 3.63) is 47.0 Å². The molecule has 6 heteroatoms. The molecule has 0 aliphatic carbocycles. The first-order valence-electron chi connectivity index (χ1n) is 4.91. The van der Waals surface area contributed by atoms with Crippen LogP contribution in [0.4, 0.5) is 11.4 Å². The Kier molecular flexibility index (Phi) is 3.78. The lowest BCUT2D eigenvalue weighted by molar-refractivity contribution is 0.971. The molecule has 88 valence electrons. The van der Waals surface area contributed by atoms with Crippen LogP contribution in [0.5, 0.6) is 0 Å². The van der Waals surface area contributed by atoms with Crippen LogP contribution >= 0.6 is 23.2 Å². The predicted molar refractivity (Wildman–Crippen MR) is 69.7 cm³/mol. The third-order valence-electron chi connectivity index (χ3n) is 2.23. The Bertz CT molecular complexity index is 438. The number of anilines is 2. The number of hydrogen-bond acceptors (Lipinski definition) is 4. The molecule has 0 unspecified atom stereocenters. The van der Waals surface area contributed by atoms with Gasteiger partial charge in [0.05, 0.1) is 30.4 Å². The van der Waals surface area contributed by atoms with Gasteiger partial charge in [0.15, 0.2) is 0 Å². The Hall–Kier alpha value is -1.36. The maximum Gasteiger partial charge on any atom is 0.129 e. The molecule has 4 nitrogen and oxygen atoms in total. The van der Waals surface area contributed by atoms with Crippen molar-refractivity contribution in [2.75, 3.05) is 11.6 Å². The van der Waals surface area contributed by atoms with Gasteiger partial charge in [-0.25, -0.2) is 9.97 Å². The molecular formula is C11H10Cl2N4.